The van der Waals surface area contributed by atoms with Crippen molar-refractivity contribution in [1.82, 2.24) is 9.97 Å². The number of carbonyl (C=O) groups is 1. The van der Waals surface area contributed by atoms with Crippen molar-refractivity contribution in [2.45, 2.75) is 12.8 Å². The predicted molar refractivity (Wildman–Crippen MR) is 75.5 cm³/mol. The SMILES string of the molecule is CN(CC1CCOCC1)c1ncc(/C=C/C(=O)O)cn1. The zero-order valence-corrected chi connectivity index (χ0v) is 11.5. The normalized spacial score (nSPS) is 16.4. The lowest BCUT2D eigenvalue weighted by molar-refractivity contribution is -0.131. The average molecular weight is 277 g/mol. The van der Waals surface area contributed by atoms with Gasteiger partial charge < -0.3 is 14.7 Å². The van der Waals surface area contributed by atoms with Crippen molar-refractivity contribution >= 4 is 18.0 Å². The maximum Gasteiger partial charge on any atom is 0.328 e. The van der Waals surface area contributed by atoms with Crippen molar-refractivity contribution in [3.63, 3.8) is 0 Å². The highest BCUT2D eigenvalue weighted by Crippen LogP contribution is 2.17. The second-order valence-corrected chi connectivity index (χ2v) is 4.92. The van der Waals surface area contributed by atoms with Gasteiger partial charge in [0.15, 0.2) is 0 Å². The van der Waals surface area contributed by atoms with Gasteiger partial charge in [0, 0.05) is 50.8 Å². The third kappa shape index (κ3) is 4.31. The summed E-state index contributed by atoms with van der Waals surface area (Å²) >= 11 is 0. The molecule has 108 valence electrons. The van der Waals surface area contributed by atoms with Crippen LogP contribution in [0.15, 0.2) is 18.5 Å². The maximum atomic E-state index is 10.4. The summed E-state index contributed by atoms with van der Waals surface area (Å²) in [6.45, 7) is 2.57. The van der Waals surface area contributed by atoms with Crippen LogP contribution in [0.1, 0.15) is 18.4 Å². The fourth-order valence-corrected chi connectivity index (χ4v) is 2.18. The van der Waals surface area contributed by atoms with E-state index in [4.69, 9.17) is 9.84 Å². The van der Waals surface area contributed by atoms with Gasteiger partial charge in [0.2, 0.25) is 5.95 Å². The van der Waals surface area contributed by atoms with Crippen molar-refractivity contribution in [3.05, 3.63) is 24.0 Å². The standard InChI is InChI=1S/C14H19N3O3/c1-17(10-11-4-6-20-7-5-11)14-15-8-12(9-16-14)2-3-13(18)19/h2-3,8-9,11H,4-7,10H2,1H3,(H,18,19)/b3-2+. The van der Waals surface area contributed by atoms with Crippen LogP contribution in [0, 0.1) is 5.92 Å². The molecule has 0 aromatic carbocycles. The molecule has 1 aromatic rings. The van der Waals surface area contributed by atoms with Gasteiger partial charge in [0.05, 0.1) is 0 Å². The first-order valence-corrected chi connectivity index (χ1v) is 6.67. The molecular weight excluding hydrogens is 258 g/mol. The monoisotopic (exact) mass is 277 g/mol. The first-order chi connectivity index (χ1) is 9.65. The summed E-state index contributed by atoms with van der Waals surface area (Å²) in [6.07, 6.45) is 7.95. The van der Waals surface area contributed by atoms with Gasteiger partial charge in [0.25, 0.3) is 0 Å². The van der Waals surface area contributed by atoms with E-state index >= 15 is 0 Å². The zero-order valence-electron chi connectivity index (χ0n) is 11.5. The molecule has 0 spiro atoms. The third-order valence-corrected chi connectivity index (χ3v) is 3.29. The fraction of sp³-hybridized carbons (Fsp3) is 0.500. The van der Waals surface area contributed by atoms with Crippen molar-refractivity contribution in [1.29, 1.82) is 0 Å². The molecule has 2 heterocycles. The van der Waals surface area contributed by atoms with E-state index in [1.807, 2.05) is 11.9 Å². The van der Waals surface area contributed by atoms with Crippen LogP contribution in [-0.2, 0) is 9.53 Å². The van der Waals surface area contributed by atoms with Crippen LogP contribution in [0.4, 0.5) is 5.95 Å². The van der Waals surface area contributed by atoms with E-state index in [1.54, 1.807) is 12.4 Å². The van der Waals surface area contributed by atoms with Gasteiger partial charge in [-0.15, -0.1) is 0 Å². The molecule has 0 atom stereocenters. The molecule has 0 bridgehead atoms. The Morgan fingerprint density at radius 2 is 2.10 bits per heavy atom. The van der Waals surface area contributed by atoms with E-state index in [2.05, 4.69) is 9.97 Å². The molecule has 0 amide bonds. The van der Waals surface area contributed by atoms with Crippen LogP contribution in [-0.4, -0.2) is 47.8 Å². The van der Waals surface area contributed by atoms with Crippen LogP contribution < -0.4 is 4.90 Å². The van der Waals surface area contributed by atoms with Gasteiger partial charge in [-0.3, -0.25) is 0 Å². The van der Waals surface area contributed by atoms with Crippen LogP contribution >= 0.6 is 0 Å². The fourth-order valence-electron chi connectivity index (χ4n) is 2.18. The van der Waals surface area contributed by atoms with E-state index in [0.29, 0.717) is 17.4 Å². The second-order valence-electron chi connectivity index (χ2n) is 4.92. The van der Waals surface area contributed by atoms with Crippen LogP contribution in [0.5, 0.6) is 0 Å². The number of hydrogen-bond acceptors (Lipinski definition) is 5. The lowest BCUT2D eigenvalue weighted by Gasteiger charge is -2.27. The molecule has 20 heavy (non-hydrogen) atoms. The summed E-state index contributed by atoms with van der Waals surface area (Å²) < 4.78 is 5.34. The number of carboxylic acids is 1. The molecule has 1 fully saturated rings. The molecule has 0 aliphatic carbocycles. The smallest absolute Gasteiger partial charge is 0.328 e. The minimum absolute atomic E-state index is 0.615. The summed E-state index contributed by atoms with van der Waals surface area (Å²) in [5.74, 6) is 0.290. The minimum atomic E-state index is -0.981. The summed E-state index contributed by atoms with van der Waals surface area (Å²) in [4.78, 5) is 21.0. The Morgan fingerprint density at radius 3 is 2.70 bits per heavy atom. The number of carboxylic acid groups (broad SMARTS) is 1. The number of hydrogen-bond donors (Lipinski definition) is 1. The van der Waals surface area contributed by atoms with Gasteiger partial charge in [-0.25, -0.2) is 14.8 Å². The molecule has 0 saturated carbocycles. The molecular formula is C14H19N3O3. The molecule has 1 aromatic heterocycles. The highest BCUT2D eigenvalue weighted by Gasteiger charge is 2.16. The van der Waals surface area contributed by atoms with Crippen LogP contribution in [0.3, 0.4) is 0 Å². The Balaban J connectivity index is 1.92. The highest BCUT2D eigenvalue weighted by atomic mass is 16.5. The number of aromatic nitrogens is 2. The van der Waals surface area contributed by atoms with E-state index in [-0.39, 0.29) is 0 Å². The molecule has 6 nitrogen and oxygen atoms in total. The van der Waals surface area contributed by atoms with Gasteiger partial charge in [-0.2, -0.15) is 0 Å². The molecule has 1 aliphatic rings. The lowest BCUT2D eigenvalue weighted by Crippen LogP contribution is -2.30. The van der Waals surface area contributed by atoms with E-state index in [0.717, 1.165) is 38.7 Å². The van der Waals surface area contributed by atoms with Crippen molar-refractivity contribution < 1.29 is 14.6 Å². The van der Waals surface area contributed by atoms with Crippen molar-refractivity contribution in [2.75, 3.05) is 31.7 Å². The molecule has 0 radical (unpaired) electrons. The predicted octanol–water partition coefficient (Wildman–Crippen LogP) is 1.44. The molecule has 0 unspecified atom stereocenters. The lowest BCUT2D eigenvalue weighted by atomic mass is 10.0. The van der Waals surface area contributed by atoms with E-state index < -0.39 is 5.97 Å². The van der Waals surface area contributed by atoms with Crippen molar-refractivity contribution in [2.24, 2.45) is 5.92 Å². The molecule has 2 rings (SSSR count). The summed E-state index contributed by atoms with van der Waals surface area (Å²) in [6, 6.07) is 0. The van der Waals surface area contributed by atoms with E-state index in [1.165, 1.54) is 6.08 Å². The number of aliphatic carboxylic acids is 1. The van der Waals surface area contributed by atoms with Crippen LogP contribution in [0.2, 0.25) is 0 Å². The number of anilines is 1. The number of rotatable bonds is 5. The summed E-state index contributed by atoms with van der Waals surface area (Å²) in [5.41, 5.74) is 0.676. The number of ether oxygens (including phenoxy) is 1. The second kappa shape index (κ2) is 7.00. The molecule has 1 N–H and O–H groups in total. The van der Waals surface area contributed by atoms with Gasteiger partial charge in [-0.1, -0.05) is 0 Å². The quantitative estimate of drug-likeness (QED) is 0.821. The Hall–Kier alpha value is -1.95. The Bertz CT molecular complexity index is 467. The Labute approximate surface area is 118 Å². The maximum absolute atomic E-state index is 10.4. The average Bonchev–Trinajstić information content (AvgIpc) is 2.46. The largest absolute Gasteiger partial charge is 0.478 e. The topological polar surface area (TPSA) is 75.5 Å². The van der Waals surface area contributed by atoms with Gasteiger partial charge >= 0.3 is 5.97 Å². The minimum Gasteiger partial charge on any atom is -0.478 e. The molecule has 1 saturated heterocycles. The number of nitrogens with zero attached hydrogens (tertiary/aromatic N) is 3. The van der Waals surface area contributed by atoms with Gasteiger partial charge in [-0.05, 0) is 24.8 Å². The van der Waals surface area contributed by atoms with E-state index in [9.17, 15) is 4.79 Å². The first kappa shape index (κ1) is 14.5. The Morgan fingerprint density at radius 1 is 1.45 bits per heavy atom. The molecule has 6 heteroatoms. The highest BCUT2D eigenvalue weighted by molar-refractivity contribution is 5.85. The summed E-state index contributed by atoms with van der Waals surface area (Å²) in [7, 11) is 1.97. The van der Waals surface area contributed by atoms with Crippen LogP contribution in [0.25, 0.3) is 6.08 Å². The molecule has 1 aliphatic heterocycles. The first-order valence-electron chi connectivity index (χ1n) is 6.67. The van der Waals surface area contributed by atoms with Crippen molar-refractivity contribution in [3.8, 4) is 0 Å². The van der Waals surface area contributed by atoms with Gasteiger partial charge in [0.1, 0.15) is 0 Å². The Kier molecular flexibility index (Phi) is 5.06. The summed E-state index contributed by atoms with van der Waals surface area (Å²) in [5, 5.41) is 8.55. The zero-order chi connectivity index (χ0) is 14.4. The third-order valence-electron chi connectivity index (χ3n) is 3.29.